The van der Waals surface area contributed by atoms with Crippen molar-refractivity contribution in [2.75, 3.05) is 10.0 Å². The lowest BCUT2D eigenvalue weighted by molar-refractivity contribution is -0.385. The summed E-state index contributed by atoms with van der Waals surface area (Å²) in [5.74, 6) is -0.779. The van der Waals surface area contributed by atoms with Crippen molar-refractivity contribution in [3.05, 3.63) is 75.6 Å². The first kappa shape index (κ1) is 19.3. The number of aromatic nitrogens is 2. The van der Waals surface area contributed by atoms with Crippen LogP contribution in [0.4, 0.5) is 17.1 Å². The van der Waals surface area contributed by atoms with Crippen LogP contribution in [0.15, 0.2) is 59.6 Å². The predicted octanol–water partition coefficient (Wildman–Crippen LogP) is 3.02. The van der Waals surface area contributed by atoms with E-state index in [1.54, 1.807) is 12.1 Å². The van der Waals surface area contributed by atoms with Crippen LogP contribution in [0.2, 0.25) is 5.02 Å². The molecule has 3 rings (SSSR count). The minimum absolute atomic E-state index is 0.0343. The molecular formula is C16H12ClN5O5S. The average Bonchev–Trinajstić information content (AvgIpc) is 3.14. The lowest BCUT2D eigenvalue weighted by Gasteiger charge is -2.09. The normalized spacial score (nSPS) is 11.0. The van der Waals surface area contributed by atoms with E-state index in [-0.39, 0.29) is 16.3 Å². The van der Waals surface area contributed by atoms with Gasteiger partial charge >= 0.3 is 5.69 Å². The van der Waals surface area contributed by atoms with Gasteiger partial charge in [-0.2, -0.15) is 5.10 Å². The van der Waals surface area contributed by atoms with Gasteiger partial charge in [-0.05, 0) is 48.5 Å². The van der Waals surface area contributed by atoms with Crippen molar-refractivity contribution in [2.45, 2.75) is 4.90 Å². The minimum Gasteiger partial charge on any atom is -0.320 e. The van der Waals surface area contributed by atoms with E-state index in [9.17, 15) is 23.3 Å². The molecule has 0 atom stereocenters. The molecule has 28 heavy (non-hydrogen) atoms. The van der Waals surface area contributed by atoms with Crippen LogP contribution in [-0.4, -0.2) is 29.4 Å². The Kier molecular flexibility index (Phi) is 5.29. The Morgan fingerprint density at radius 3 is 2.29 bits per heavy atom. The van der Waals surface area contributed by atoms with E-state index in [0.29, 0.717) is 10.7 Å². The Morgan fingerprint density at radius 2 is 1.68 bits per heavy atom. The number of nitro groups is 1. The van der Waals surface area contributed by atoms with E-state index in [2.05, 4.69) is 20.2 Å². The third-order valence-electron chi connectivity index (χ3n) is 3.56. The Hall–Kier alpha value is -3.44. The molecule has 3 N–H and O–H groups in total. The van der Waals surface area contributed by atoms with Crippen LogP contribution >= 0.6 is 11.6 Å². The van der Waals surface area contributed by atoms with Crippen molar-refractivity contribution < 1.29 is 18.1 Å². The zero-order valence-electron chi connectivity index (χ0n) is 13.9. The molecule has 144 valence electrons. The lowest BCUT2D eigenvalue weighted by Crippen LogP contribution is -2.15. The molecule has 3 aromatic rings. The number of carbonyl (C=O) groups is 1. The van der Waals surface area contributed by atoms with Gasteiger partial charge in [0.15, 0.2) is 0 Å². The van der Waals surface area contributed by atoms with Crippen LogP contribution in [0.3, 0.4) is 0 Å². The zero-order chi connectivity index (χ0) is 20.3. The van der Waals surface area contributed by atoms with E-state index in [0.717, 1.165) is 6.20 Å². The average molecular weight is 422 g/mol. The fourth-order valence-electron chi connectivity index (χ4n) is 2.23. The van der Waals surface area contributed by atoms with E-state index < -0.39 is 26.5 Å². The smallest absolute Gasteiger partial charge is 0.319 e. The predicted molar refractivity (Wildman–Crippen MR) is 102 cm³/mol. The number of rotatable bonds is 6. The number of H-pyrrole nitrogens is 1. The summed E-state index contributed by atoms with van der Waals surface area (Å²) in [6.07, 6.45) is 0.924. The molecule has 0 fully saturated rings. The van der Waals surface area contributed by atoms with Crippen LogP contribution in [-0.2, 0) is 10.0 Å². The Bertz CT molecular complexity index is 1130. The van der Waals surface area contributed by atoms with Gasteiger partial charge in [0, 0.05) is 16.4 Å². The van der Waals surface area contributed by atoms with Crippen LogP contribution in [0, 0.1) is 10.1 Å². The molecule has 12 heteroatoms. The van der Waals surface area contributed by atoms with Crippen molar-refractivity contribution in [1.29, 1.82) is 0 Å². The second kappa shape index (κ2) is 7.66. The van der Waals surface area contributed by atoms with Gasteiger partial charge in [0.25, 0.3) is 15.9 Å². The van der Waals surface area contributed by atoms with E-state index in [1.807, 2.05) is 0 Å². The van der Waals surface area contributed by atoms with Gasteiger partial charge in [-0.3, -0.25) is 24.7 Å². The van der Waals surface area contributed by atoms with Gasteiger partial charge in [-0.15, -0.1) is 0 Å². The SMILES string of the molecule is O=C(Nc1ccc(S(=O)(=O)Nc2ccc(Cl)cc2)cc1)c1[nH]ncc1[N+](=O)[O-]. The molecule has 0 radical (unpaired) electrons. The fourth-order valence-corrected chi connectivity index (χ4v) is 3.41. The first-order valence-electron chi connectivity index (χ1n) is 7.64. The molecule has 0 unspecified atom stereocenters. The zero-order valence-corrected chi connectivity index (χ0v) is 15.5. The van der Waals surface area contributed by atoms with Gasteiger partial charge in [0.1, 0.15) is 6.20 Å². The van der Waals surface area contributed by atoms with Crippen LogP contribution in [0.5, 0.6) is 0 Å². The summed E-state index contributed by atoms with van der Waals surface area (Å²) in [6, 6.07) is 11.4. The van der Waals surface area contributed by atoms with Gasteiger partial charge in [-0.1, -0.05) is 11.6 Å². The molecule has 0 saturated heterocycles. The molecule has 0 aliphatic rings. The molecule has 0 spiro atoms. The summed E-state index contributed by atoms with van der Waals surface area (Å²) in [5, 5.41) is 19.5. The number of nitrogens with one attached hydrogen (secondary N) is 3. The van der Waals surface area contributed by atoms with E-state index >= 15 is 0 Å². The number of sulfonamides is 1. The molecule has 1 heterocycles. The Labute approximate surface area is 163 Å². The standard InChI is InChI=1S/C16H12ClN5O5S/c17-10-1-3-12(4-2-10)21-28(26,27)13-7-5-11(6-8-13)19-16(23)15-14(22(24)25)9-18-20-15/h1-9,21H,(H,18,20)(H,19,23). The van der Waals surface area contributed by atoms with Crippen LogP contribution in [0.25, 0.3) is 0 Å². The minimum atomic E-state index is -3.84. The molecule has 1 amide bonds. The molecule has 2 aromatic carbocycles. The second-order valence-corrected chi connectivity index (χ2v) is 7.60. The van der Waals surface area contributed by atoms with Crippen molar-refractivity contribution in [3.8, 4) is 0 Å². The number of amides is 1. The number of hydrogen-bond donors (Lipinski definition) is 3. The topological polar surface area (TPSA) is 147 Å². The van der Waals surface area contributed by atoms with Crippen molar-refractivity contribution in [3.63, 3.8) is 0 Å². The number of halogens is 1. The largest absolute Gasteiger partial charge is 0.320 e. The van der Waals surface area contributed by atoms with Crippen LogP contribution < -0.4 is 10.0 Å². The summed E-state index contributed by atoms with van der Waals surface area (Å²) in [6.45, 7) is 0. The van der Waals surface area contributed by atoms with Crippen molar-refractivity contribution in [1.82, 2.24) is 10.2 Å². The molecule has 0 saturated carbocycles. The first-order valence-corrected chi connectivity index (χ1v) is 9.50. The molecule has 0 bridgehead atoms. The summed E-state index contributed by atoms with van der Waals surface area (Å²) in [7, 11) is -3.84. The third-order valence-corrected chi connectivity index (χ3v) is 5.21. The number of aromatic amines is 1. The lowest BCUT2D eigenvalue weighted by atomic mass is 10.3. The van der Waals surface area contributed by atoms with Crippen LogP contribution in [0.1, 0.15) is 10.5 Å². The molecule has 0 aliphatic heterocycles. The van der Waals surface area contributed by atoms with E-state index in [1.165, 1.54) is 36.4 Å². The monoisotopic (exact) mass is 421 g/mol. The van der Waals surface area contributed by atoms with E-state index in [4.69, 9.17) is 11.6 Å². The Balaban J connectivity index is 1.73. The molecule has 0 aliphatic carbocycles. The van der Waals surface area contributed by atoms with Gasteiger partial charge < -0.3 is 5.32 Å². The highest BCUT2D eigenvalue weighted by Gasteiger charge is 2.23. The van der Waals surface area contributed by atoms with Gasteiger partial charge in [0.05, 0.1) is 9.82 Å². The highest BCUT2D eigenvalue weighted by atomic mass is 35.5. The Morgan fingerprint density at radius 1 is 1.07 bits per heavy atom. The molecule has 10 nitrogen and oxygen atoms in total. The summed E-state index contributed by atoms with van der Waals surface area (Å²) in [4.78, 5) is 22.2. The summed E-state index contributed by atoms with van der Waals surface area (Å²) < 4.78 is 27.2. The summed E-state index contributed by atoms with van der Waals surface area (Å²) >= 11 is 5.77. The molecular weight excluding hydrogens is 410 g/mol. The number of nitrogens with zero attached hydrogens (tertiary/aromatic N) is 2. The first-order chi connectivity index (χ1) is 13.3. The van der Waals surface area contributed by atoms with Gasteiger partial charge in [0.2, 0.25) is 5.69 Å². The van der Waals surface area contributed by atoms with Gasteiger partial charge in [-0.25, -0.2) is 8.42 Å². The number of anilines is 2. The maximum absolute atomic E-state index is 12.4. The van der Waals surface area contributed by atoms with Crippen molar-refractivity contribution >= 4 is 44.6 Å². The maximum Gasteiger partial charge on any atom is 0.319 e. The fraction of sp³-hybridized carbons (Fsp3) is 0. The summed E-state index contributed by atoms with van der Waals surface area (Å²) in [5.41, 5.74) is -0.192. The van der Waals surface area contributed by atoms with Crippen molar-refractivity contribution in [2.24, 2.45) is 0 Å². The quantitative estimate of drug-likeness (QED) is 0.411. The number of carbonyl (C=O) groups excluding carboxylic acids is 1. The third kappa shape index (κ3) is 4.27. The highest BCUT2D eigenvalue weighted by molar-refractivity contribution is 7.92. The second-order valence-electron chi connectivity index (χ2n) is 5.48. The molecule has 1 aromatic heterocycles. The highest BCUT2D eigenvalue weighted by Crippen LogP contribution is 2.21. The maximum atomic E-state index is 12.4. The number of hydrogen-bond acceptors (Lipinski definition) is 6. The number of benzene rings is 2.